The number of nitrogens with two attached hydrogens (primary N) is 2. The highest BCUT2D eigenvalue weighted by Gasteiger charge is 2.50. The lowest BCUT2D eigenvalue weighted by atomic mass is 9.81. The normalized spacial score (nSPS) is 12.5. The van der Waals surface area contributed by atoms with E-state index in [2.05, 4.69) is 0 Å². The van der Waals surface area contributed by atoms with Crippen LogP contribution in [0.4, 0.5) is 24.5 Å². The Kier molecular flexibility index (Phi) is 8.99. The summed E-state index contributed by atoms with van der Waals surface area (Å²) in [4.78, 5) is 12.4. The third-order valence-corrected chi connectivity index (χ3v) is 6.30. The molecule has 0 unspecified atom stereocenters. The van der Waals surface area contributed by atoms with Crippen LogP contribution < -0.4 is 16.2 Å². The number of carbonyl (C=O) groups is 1. The van der Waals surface area contributed by atoms with Gasteiger partial charge in [-0.15, -0.1) is 0 Å². The van der Waals surface area contributed by atoms with Gasteiger partial charge in [0.25, 0.3) is 0 Å². The summed E-state index contributed by atoms with van der Waals surface area (Å²) in [7, 11) is 0. The Morgan fingerprint density at radius 3 is 1.95 bits per heavy atom. The molecule has 0 saturated carbocycles. The predicted molar refractivity (Wildman–Crippen MR) is 150 cm³/mol. The predicted octanol–water partition coefficient (Wildman–Crippen LogP) is 7.56. The van der Waals surface area contributed by atoms with Crippen LogP contribution in [0.15, 0.2) is 66.7 Å². The number of hydrogen-bond acceptors (Lipinski definition) is 5. The van der Waals surface area contributed by atoms with Crippen molar-refractivity contribution >= 4 is 29.5 Å². The van der Waals surface area contributed by atoms with Gasteiger partial charge in [-0.05, 0) is 66.9 Å². The molecule has 0 fully saturated rings. The van der Waals surface area contributed by atoms with E-state index in [0.717, 1.165) is 16.7 Å². The van der Waals surface area contributed by atoms with Crippen LogP contribution in [0.3, 0.4) is 0 Å². The molecular weight excluding hydrogens is 505 g/mol. The van der Waals surface area contributed by atoms with Gasteiger partial charge >= 0.3 is 12.1 Å². The summed E-state index contributed by atoms with van der Waals surface area (Å²) < 4.78 is 51.1. The molecule has 39 heavy (non-hydrogen) atoms. The molecule has 0 amide bonds. The van der Waals surface area contributed by atoms with Gasteiger partial charge in [-0.2, -0.15) is 13.2 Å². The van der Waals surface area contributed by atoms with E-state index < -0.39 is 23.2 Å². The first-order valence-electron chi connectivity index (χ1n) is 12.6. The number of halogens is 3. The minimum atomic E-state index is -4.31. The molecule has 8 heteroatoms. The lowest BCUT2D eigenvalue weighted by Crippen LogP contribution is -2.41. The fourth-order valence-electron chi connectivity index (χ4n) is 4.27. The number of esters is 1. The molecule has 0 spiro atoms. The molecular formula is C31H35F3N2O3. The Bertz CT molecular complexity index is 1300. The van der Waals surface area contributed by atoms with Gasteiger partial charge in [0, 0.05) is 24.2 Å². The Balaban J connectivity index is 1.52. The van der Waals surface area contributed by atoms with Crippen molar-refractivity contribution in [2.24, 2.45) is 5.41 Å². The molecule has 0 radical (unpaired) electrons. The quantitative estimate of drug-likeness (QED) is 0.157. The van der Waals surface area contributed by atoms with Crippen LogP contribution in [0, 0.1) is 5.41 Å². The molecule has 0 aromatic heterocycles. The molecule has 0 heterocycles. The smallest absolute Gasteiger partial charge is 0.394 e. The zero-order valence-electron chi connectivity index (χ0n) is 22.6. The van der Waals surface area contributed by atoms with E-state index in [4.69, 9.17) is 20.9 Å². The Morgan fingerprint density at radius 2 is 1.41 bits per heavy atom. The van der Waals surface area contributed by atoms with Crippen LogP contribution in [0.1, 0.15) is 61.2 Å². The van der Waals surface area contributed by atoms with E-state index in [1.165, 1.54) is 13.8 Å². The molecule has 5 nitrogen and oxygen atoms in total. The number of rotatable bonds is 10. The zero-order chi connectivity index (χ0) is 28.8. The summed E-state index contributed by atoms with van der Waals surface area (Å²) in [6.45, 7) is 5.88. The highest BCUT2D eigenvalue weighted by molar-refractivity contribution is 5.89. The maximum atomic E-state index is 13.3. The van der Waals surface area contributed by atoms with Crippen molar-refractivity contribution in [1.82, 2.24) is 0 Å². The van der Waals surface area contributed by atoms with E-state index in [0.29, 0.717) is 29.1 Å². The second-order valence-corrected chi connectivity index (χ2v) is 10.8. The number of carbonyl (C=O) groups excluding carboxylic acids is 1. The summed E-state index contributed by atoms with van der Waals surface area (Å²) in [6, 6.07) is 19.4. The van der Waals surface area contributed by atoms with Crippen LogP contribution >= 0.6 is 0 Å². The highest BCUT2D eigenvalue weighted by atomic mass is 19.4. The standard InChI is InChI=1S/C31H35F3N2O3/c1-29(2,31(32,33)34)20-30(3,4)39-26-15-9-22(10-16-26)6-5-21-7-11-24(12-8-21)28(37)38-18-17-23-13-14-25(35)19-27(23)36/h5-16,19H,17-18,20,35-36H2,1-4H3/b6-5+. The second kappa shape index (κ2) is 11.8. The van der Waals surface area contributed by atoms with Crippen molar-refractivity contribution in [3.05, 3.63) is 89.0 Å². The number of hydrogen-bond donors (Lipinski definition) is 2. The van der Waals surface area contributed by atoms with E-state index in [9.17, 15) is 18.0 Å². The Hall–Kier alpha value is -3.94. The average molecular weight is 541 g/mol. The van der Waals surface area contributed by atoms with Crippen molar-refractivity contribution in [2.75, 3.05) is 18.1 Å². The van der Waals surface area contributed by atoms with E-state index >= 15 is 0 Å². The second-order valence-electron chi connectivity index (χ2n) is 10.8. The molecule has 3 aromatic carbocycles. The van der Waals surface area contributed by atoms with Crippen molar-refractivity contribution < 1.29 is 27.4 Å². The average Bonchev–Trinajstić information content (AvgIpc) is 2.83. The monoisotopic (exact) mass is 540 g/mol. The maximum absolute atomic E-state index is 13.3. The van der Waals surface area contributed by atoms with Crippen LogP contribution in [-0.2, 0) is 11.2 Å². The van der Waals surface area contributed by atoms with Crippen LogP contribution in [0.2, 0.25) is 0 Å². The summed E-state index contributed by atoms with van der Waals surface area (Å²) in [5.74, 6) is 0.0775. The van der Waals surface area contributed by atoms with Crippen LogP contribution in [0.25, 0.3) is 12.2 Å². The van der Waals surface area contributed by atoms with Crippen LogP contribution in [0.5, 0.6) is 5.75 Å². The lowest BCUT2D eigenvalue weighted by Gasteiger charge is -2.36. The first-order valence-corrected chi connectivity index (χ1v) is 12.6. The zero-order valence-corrected chi connectivity index (χ0v) is 22.6. The SMILES string of the molecule is CC(C)(CC(C)(C)C(F)(F)F)Oc1ccc(/C=C/c2ccc(C(=O)OCCc3ccc(N)cc3N)cc2)cc1. The Morgan fingerprint density at radius 1 is 0.846 bits per heavy atom. The molecule has 0 saturated heterocycles. The van der Waals surface area contributed by atoms with Crippen molar-refractivity contribution in [2.45, 2.75) is 52.3 Å². The van der Waals surface area contributed by atoms with E-state index in [1.807, 2.05) is 42.5 Å². The van der Waals surface area contributed by atoms with Gasteiger partial charge in [0.1, 0.15) is 11.4 Å². The van der Waals surface area contributed by atoms with Gasteiger partial charge in [0.05, 0.1) is 17.6 Å². The van der Waals surface area contributed by atoms with Gasteiger partial charge < -0.3 is 20.9 Å². The highest BCUT2D eigenvalue weighted by Crippen LogP contribution is 2.44. The number of alkyl halides is 3. The largest absolute Gasteiger partial charge is 0.488 e. The molecule has 4 N–H and O–H groups in total. The Labute approximate surface area is 227 Å². The van der Waals surface area contributed by atoms with E-state index in [1.54, 1.807) is 50.2 Å². The minimum Gasteiger partial charge on any atom is -0.488 e. The topological polar surface area (TPSA) is 87.6 Å². The number of benzene rings is 3. The van der Waals surface area contributed by atoms with Gasteiger partial charge in [-0.3, -0.25) is 0 Å². The van der Waals surface area contributed by atoms with Crippen molar-refractivity contribution in [3.8, 4) is 5.75 Å². The number of ether oxygens (including phenoxy) is 2. The molecule has 3 rings (SSSR count). The molecule has 0 aliphatic heterocycles. The fourth-order valence-corrected chi connectivity index (χ4v) is 4.27. The van der Waals surface area contributed by atoms with Crippen molar-refractivity contribution in [3.63, 3.8) is 0 Å². The fraction of sp³-hybridized carbons (Fsp3) is 0.323. The summed E-state index contributed by atoms with van der Waals surface area (Å²) in [5.41, 5.74) is 13.0. The lowest BCUT2D eigenvalue weighted by molar-refractivity contribution is -0.223. The summed E-state index contributed by atoms with van der Waals surface area (Å²) >= 11 is 0. The maximum Gasteiger partial charge on any atom is 0.394 e. The molecule has 0 aliphatic carbocycles. The number of nitrogen functional groups attached to an aromatic ring is 2. The third kappa shape index (κ3) is 8.53. The third-order valence-electron chi connectivity index (χ3n) is 6.30. The van der Waals surface area contributed by atoms with Gasteiger partial charge in [-0.1, -0.05) is 56.3 Å². The molecule has 208 valence electrons. The van der Waals surface area contributed by atoms with Crippen molar-refractivity contribution in [1.29, 1.82) is 0 Å². The molecule has 0 aliphatic rings. The summed E-state index contributed by atoms with van der Waals surface area (Å²) in [5, 5.41) is 0. The molecule has 0 atom stereocenters. The molecule has 3 aromatic rings. The van der Waals surface area contributed by atoms with Gasteiger partial charge in [0.2, 0.25) is 0 Å². The minimum absolute atomic E-state index is 0.175. The first kappa shape index (κ1) is 29.6. The first-order chi connectivity index (χ1) is 18.1. The van der Waals surface area contributed by atoms with Gasteiger partial charge in [0.15, 0.2) is 0 Å². The van der Waals surface area contributed by atoms with E-state index in [-0.39, 0.29) is 13.0 Å². The van der Waals surface area contributed by atoms with Crippen LogP contribution in [-0.4, -0.2) is 24.4 Å². The molecule has 0 bridgehead atoms. The van der Waals surface area contributed by atoms with Gasteiger partial charge in [-0.25, -0.2) is 4.79 Å². The number of anilines is 2. The summed E-state index contributed by atoms with van der Waals surface area (Å²) in [6.07, 6.45) is -0.206.